The number of aromatic nitrogens is 3. The van der Waals surface area contributed by atoms with E-state index in [0.717, 1.165) is 42.0 Å². The lowest BCUT2D eigenvalue weighted by molar-refractivity contribution is -0.121. The molecule has 0 bridgehead atoms. The topological polar surface area (TPSA) is 95.5 Å². The van der Waals surface area contributed by atoms with Crippen LogP contribution in [0.4, 0.5) is 5.82 Å². The highest BCUT2D eigenvalue weighted by Gasteiger charge is 2.24. The van der Waals surface area contributed by atoms with Crippen LogP contribution in [0, 0.1) is 23.2 Å². The molecule has 33 heavy (non-hydrogen) atoms. The average molecular weight is 447 g/mol. The summed E-state index contributed by atoms with van der Waals surface area (Å²) >= 11 is 0. The van der Waals surface area contributed by atoms with Gasteiger partial charge in [-0.15, -0.1) is 0 Å². The van der Waals surface area contributed by atoms with Crippen LogP contribution in [0.2, 0.25) is 0 Å². The number of ether oxygens (including phenoxy) is 1. The van der Waals surface area contributed by atoms with E-state index in [2.05, 4.69) is 35.2 Å². The molecule has 1 amide bonds. The van der Waals surface area contributed by atoms with Crippen molar-refractivity contribution in [2.24, 2.45) is 11.8 Å². The maximum Gasteiger partial charge on any atom is 0.220 e. The van der Waals surface area contributed by atoms with E-state index in [0.29, 0.717) is 42.7 Å². The molecule has 0 aromatic carbocycles. The summed E-state index contributed by atoms with van der Waals surface area (Å²) in [6.45, 7) is 9.09. The van der Waals surface area contributed by atoms with Crippen molar-refractivity contribution >= 4 is 17.2 Å². The summed E-state index contributed by atoms with van der Waals surface area (Å²) in [5, 5.41) is 16.9. The lowest BCUT2D eigenvalue weighted by atomic mass is 10.1. The zero-order chi connectivity index (χ0) is 23.4. The Hall–Kier alpha value is -3.60. The molecule has 4 rings (SSSR count). The van der Waals surface area contributed by atoms with Crippen LogP contribution in [0.25, 0.3) is 16.6 Å². The number of nitriles is 1. The van der Waals surface area contributed by atoms with Crippen molar-refractivity contribution in [2.45, 2.75) is 33.6 Å². The van der Waals surface area contributed by atoms with E-state index in [1.165, 1.54) is 0 Å². The van der Waals surface area contributed by atoms with Gasteiger partial charge < -0.3 is 15.0 Å². The molecular formula is C25H30N6O2. The number of hydrogen-bond acceptors (Lipinski definition) is 6. The summed E-state index contributed by atoms with van der Waals surface area (Å²) in [5.41, 5.74) is 3.02. The maximum atomic E-state index is 11.9. The third-order valence-corrected chi connectivity index (χ3v) is 5.87. The standard InChI is InChI=1S/C25H30N6O2/c1-4-33-21-10-22(25-20(11-26)14-29-31(25)16-21)19-5-6-23(27-13-19)30-8-7-18(15-30)12-28-24(32)9-17(2)3/h5-6,10,13-14,16-18H,4,7-9,12,15H2,1-3H3,(H,28,32). The Bertz CT molecular complexity index is 1160. The second kappa shape index (κ2) is 9.90. The lowest BCUT2D eigenvalue weighted by Gasteiger charge is -2.18. The molecule has 3 aromatic heterocycles. The van der Waals surface area contributed by atoms with Crippen LogP contribution in [-0.4, -0.2) is 46.7 Å². The van der Waals surface area contributed by atoms with E-state index >= 15 is 0 Å². The highest BCUT2D eigenvalue weighted by atomic mass is 16.5. The van der Waals surface area contributed by atoms with E-state index in [-0.39, 0.29) is 5.91 Å². The maximum absolute atomic E-state index is 11.9. The number of nitrogens with one attached hydrogen (secondary N) is 1. The monoisotopic (exact) mass is 446 g/mol. The summed E-state index contributed by atoms with van der Waals surface area (Å²) in [5.74, 6) is 2.53. The van der Waals surface area contributed by atoms with E-state index in [1.54, 1.807) is 16.9 Å². The quantitative estimate of drug-likeness (QED) is 0.567. The zero-order valence-corrected chi connectivity index (χ0v) is 19.4. The first-order valence-electron chi connectivity index (χ1n) is 11.5. The van der Waals surface area contributed by atoms with Crippen LogP contribution in [0.3, 0.4) is 0 Å². The Morgan fingerprint density at radius 3 is 2.91 bits per heavy atom. The molecule has 8 heteroatoms. The van der Waals surface area contributed by atoms with Gasteiger partial charge in [-0.05, 0) is 43.4 Å². The van der Waals surface area contributed by atoms with Crippen LogP contribution >= 0.6 is 0 Å². The van der Waals surface area contributed by atoms with Gasteiger partial charge in [0.05, 0.1) is 30.1 Å². The van der Waals surface area contributed by atoms with Crippen LogP contribution in [0.5, 0.6) is 5.75 Å². The largest absolute Gasteiger partial charge is 0.492 e. The first kappa shape index (κ1) is 22.6. The number of pyridine rings is 2. The van der Waals surface area contributed by atoms with Gasteiger partial charge in [-0.3, -0.25) is 4.79 Å². The van der Waals surface area contributed by atoms with Crippen molar-refractivity contribution in [1.29, 1.82) is 5.26 Å². The summed E-state index contributed by atoms with van der Waals surface area (Å²) < 4.78 is 7.38. The summed E-state index contributed by atoms with van der Waals surface area (Å²) in [6, 6.07) is 8.20. The third-order valence-electron chi connectivity index (χ3n) is 5.87. The molecule has 1 aliphatic rings. The van der Waals surface area contributed by atoms with Crippen LogP contribution in [-0.2, 0) is 4.79 Å². The van der Waals surface area contributed by atoms with Gasteiger partial charge in [0.1, 0.15) is 17.6 Å². The molecule has 4 heterocycles. The predicted octanol–water partition coefficient (Wildman–Crippen LogP) is 3.66. The van der Waals surface area contributed by atoms with Gasteiger partial charge in [0, 0.05) is 43.4 Å². The number of rotatable bonds is 8. The first-order chi connectivity index (χ1) is 16.0. The number of amides is 1. The molecule has 3 aromatic rings. The predicted molar refractivity (Wildman–Crippen MR) is 127 cm³/mol. The van der Waals surface area contributed by atoms with Crippen molar-refractivity contribution in [3.8, 4) is 22.9 Å². The van der Waals surface area contributed by atoms with E-state index in [4.69, 9.17) is 9.72 Å². The van der Waals surface area contributed by atoms with Gasteiger partial charge in [0.25, 0.3) is 0 Å². The summed E-state index contributed by atoms with van der Waals surface area (Å²) in [4.78, 5) is 18.9. The molecule has 172 valence electrons. The van der Waals surface area contributed by atoms with Crippen LogP contribution in [0.1, 0.15) is 39.2 Å². The summed E-state index contributed by atoms with van der Waals surface area (Å²) in [7, 11) is 0. The van der Waals surface area contributed by atoms with Crippen molar-refractivity contribution in [1.82, 2.24) is 19.9 Å². The van der Waals surface area contributed by atoms with Gasteiger partial charge in [0.15, 0.2) is 0 Å². The molecule has 0 aliphatic carbocycles. The van der Waals surface area contributed by atoms with Crippen molar-refractivity contribution in [3.05, 3.63) is 42.4 Å². The summed E-state index contributed by atoms with van der Waals surface area (Å²) in [6.07, 6.45) is 6.80. The van der Waals surface area contributed by atoms with Gasteiger partial charge >= 0.3 is 0 Å². The molecule has 1 unspecified atom stereocenters. The van der Waals surface area contributed by atoms with Crippen molar-refractivity contribution in [3.63, 3.8) is 0 Å². The van der Waals surface area contributed by atoms with E-state index in [9.17, 15) is 10.1 Å². The minimum absolute atomic E-state index is 0.128. The normalized spacial score (nSPS) is 15.7. The SMILES string of the molecule is CCOc1cc(-c2ccc(N3CCC(CNC(=O)CC(C)C)C3)nc2)c2c(C#N)cnn2c1. The van der Waals surface area contributed by atoms with Gasteiger partial charge in [-0.2, -0.15) is 10.4 Å². The highest BCUT2D eigenvalue weighted by molar-refractivity contribution is 5.85. The first-order valence-corrected chi connectivity index (χ1v) is 11.5. The fraction of sp³-hybridized carbons (Fsp3) is 0.440. The van der Waals surface area contributed by atoms with Crippen LogP contribution < -0.4 is 15.0 Å². The zero-order valence-electron chi connectivity index (χ0n) is 19.4. The van der Waals surface area contributed by atoms with Gasteiger partial charge in [-0.1, -0.05) is 13.8 Å². The minimum atomic E-state index is 0.128. The van der Waals surface area contributed by atoms with Gasteiger partial charge in [-0.25, -0.2) is 9.50 Å². The number of carbonyl (C=O) groups is 1. The molecule has 1 atom stereocenters. The molecule has 0 saturated carbocycles. The molecule has 1 saturated heterocycles. The molecule has 1 aliphatic heterocycles. The number of carbonyl (C=O) groups excluding carboxylic acids is 1. The number of fused-ring (bicyclic) bond motifs is 1. The molecule has 1 fully saturated rings. The Labute approximate surface area is 194 Å². The number of hydrogen-bond donors (Lipinski definition) is 1. The smallest absolute Gasteiger partial charge is 0.220 e. The molecule has 0 radical (unpaired) electrons. The molecule has 0 spiro atoms. The molecular weight excluding hydrogens is 416 g/mol. The molecule has 1 N–H and O–H groups in total. The third kappa shape index (κ3) is 5.08. The number of nitrogens with zero attached hydrogens (tertiary/aromatic N) is 5. The Morgan fingerprint density at radius 1 is 1.36 bits per heavy atom. The fourth-order valence-electron chi connectivity index (χ4n) is 4.29. The highest BCUT2D eigenvalue weighted by Crippen LogP contribution is 2.32. The number of anilines is 1. The van der Waals surface area contributed by atoms with E-state index in [1.807, 2.05) is 31.3 Å². The van der Waals surface area contributed by atoms with Crippen molar-refractivity contribution < 1.29 is 9.53 Å². The fourth-order valence-corrected chi connectivity index (χ4v) is 4.29. The van der Waals surface area contributed by atoms with E-state index < -0.39 is 0 Å². The average Bonchev–Trinajstić information content (AvgIpc) is 3.44. The molecule has 8 nitrogen and oxygen atoms in total. The Kier molecular flexibility index (Phi) is 6.78. The van der Waals surface area contributed by atoms with Gasteiger partial charge in [0.2, 0.25) is 5.91 Å². The second-order valence-corrected chi connectivity index (χ2v) is 8.89. The van der Waals surface area contributed by atoms with Crippen molar-refractivity contribution in [2.75, 3.05) is 31.1 Å². The minimum Gasteiger partial charge on any atom is -0.492 e. The second-order valence-electron chi connectivity index (χ2n) is 8.89. The Balaban J connectivity index is 1.49. The lowest BCUT2D eigenvalue weighted by Crippen LogP contribution is -2.31. The van der Waals surface area contributed by atoms with Crippen LogP contribution in [0.15, 0.2) is 36.8 Å². The Morgan fingerprint density at radius 2 is 2.21 bits per heavy atom.